The molecule has 88 valence electrons. The first-order chi connectivity index (χ1) is 7.69. The lowest BCUT2D eigenvalue weighted by Crippen LogP contribution is -2.21. The summed E-state index contributed by atoms with van der Waals surface area (Å²) in [7, 11) is 1.61. The van der Waals surface area contributed by atoms with E-state index in [0.717, 1.165) is 24.3 Å². The molecule has 0 unspecified atom stereocenters. The van der Waals surface area contributed by atoms with E-state index < -0.39 is 0 Å². The largest absolute Gasteiger partial charge is 0.508 e. The van der Waals surface area contributed by atoms with Crippen molar-refractivity contribution in [1.82, 2.24) is 4.90 Å². The maximum Gasteiger partial charge on any atom is 0.120 e. The Labute approximate surface area is 95.1 Å². The van der Waals surface area contributed by atoms with Gasteiger partial charge < -0.3 is 14.9 Å². The molecule has 4 nitrogen and oxygen atoms in total. The normalized spacial score (nSPS) is 21.2. The number of phenolic OH excluding ortho intramolecular Hbond substituents is 1. The number of benzene rings is 1. The zero-order chi connectivity index (χ0) is 11.5. The highest BCUT2D eigenvalue weighted by molar-refractivity contribution is 5.39. The number of phenols is 1. The van der Waals surface area contributed by atoms with Crippen LogP contribution in [0.1, 0.15) is 12.0 Å². The second-order valence-electron chi connectivity index (χ2n) is 4.17. The van der Waals surface area contributed by atoms with Crippen molar-refractivity contribution in [1.29, 1.82) is 0 Å². The van der Waals surface area contributed by atoms with Gasteiger partial charge in [-0.1, -0.05) is 0 Å². The molecule has 0 bridgehead atoms. The van der Waals surface area contributed by atoms with E-state index in [1.54, 1.807) is 19.2 Å². The van der Waals surface area contributed by atoms with Crippen molar-refractivity contribution in [2.75, 3.05) is 20.2 Å². The Morgan fingerprint density at radius 2 is 2.31 bits per heavy atom. The molecule has 0 spiro atoms. The topological polar surface area (TPSA) is 52.9 Å². The van der Waals surface area contributed by atoms with Crippen LogP contribution in [0.25, 0.3) is 0 Å². The fraction of sp³-hybridized carbons (Fsp3) is 0.500. The number of aliphatic hydroxyl groups excluding tert-OH is 1. The second kappa shape index (κ2) is 4.72. The van der Waals surface area contributed by atoms with Gasteiger partial charge >= 0.3 is 0 Å². The molecule has 1 heterocycles. The first kappa shape index (κ1) is 11.2. The molecule has 1 aliphatic heterocycles. The Kier molecular flexibility index (Phi) is 3.31. The van der Waals surface area contributed by atoms with Crippen LogP contribution in [0.3, 0.4) is 0 Å². The van der Waals surface area contributed by atoms with Crippen LogP contribution in [-0.2, 0) is 6.54 Å². The first-order valence-electron chi connectivity index (χ1n) is 5.45. The van der Waals surface area contributed by atoms with Gasteiger partial charge in [0.25, 0.3) is 0 Å². The highest BCUT2D eigenvalue weighted by Crippen LogP contribution is 2.25. The molecule has 1 aromatic carbocycles. The fourth-order valence-corrected chi connectivity index (χ4v) is 2.01. The van der Waals surface area contributed by atoms with Gasteiger partial charge in [-0.2, -0.15) is 0 Å². The summed E-state index contributed by atoms with van der Waals surface area (Å²) >= 11 is 0. The minimum atomic E-state index is -0.229. The van der Waals surface area contributed by atoms with Crippen LogP contribution in [0.2, 0.25) is 0 Å². The van der Waals surface area contributed by atoms with Gasteiger partial charge in [0.15, 0.2) is 0 Å². The fourth-order valence-electron chi connectivity index (χ4n) is 2.01. The molecule has 16 heavy (non-hydrogen) atoms. The lowest BCUT2D eigenvalue weighted by molar-refractivity contribution is 0.174. The molecule has 1 aliphatic rings. The van der Waals surface area contributed by atoms with Crippen LogP contribution in [0, 0.1) is 0 Å². The summed E-state index contributed by atoms with van der Waals surface area (Å²) in [5.41, 5.74) is 0.841. The minimum absolute atomic E-state index is 0.229. The number of nitrogens with zero attached hydrogens (tertiary/aromatic N) is 1. The minimum Gasteiger partial charge on any atom is -0.508 e. The molecule has 1 saturated heterocycles. The number of hydrogen-bond donors (Lipinski definition) is 2. The lowest BCUT2D eigenvalue weighted by atomic mass is 10.2. The lowest BCUT2D eigenvalue weighted by Gasteiger charge is -2.16. The van der Waals surface area contributed by atoms with Gasteiger partial charge in [-0.05, 0) is 24.6 Å². The second-order valence-corrected chi connectivity index (χ2v) is 4.17. The molecular weight excluding hydrogens is 206 g/mol. The molecule has 0 amide bonds. The van der Waals surface area contributed by atoms with Gasteiger partial charge in [0, 0.05) is 25.2 Å². The van der Waals surface area contributed by atoms with E-state index in [1.165, 1.54) is 0 Å². The van der Waals surface area contributed by atoms with Crippen LogP contribution in [0.15, 0.2) is 18.2 Å². The third-order valence-electron chi connectivity index (χ3n) is 2.93. The van der Waals surface area contributed by atoms with Gasteiger partial charge in [0.2, 0.25) is 0 Å². The molecule has 0 aromatic heterocycles. The third kappa shape index (κ3) is 2.46. The molecule has 0 saturated carbocycles. The molecule has 1 aromatic rings. The highest BCUT2D eigenvalue weighted by Gasteiger charge is 2.20. The number of likely N-dealkylation sites (tertiary alicyclic amines) is 1. The van der Waals surface area contributed by atoms with E-state index in [0.29, 0.717) is 13.1 Å². The summed E-state index contributed by atoms with van der Waals surface area (Å²) < 4.78 is 5.12. The zero-order valence-corrected chi connectivity index (χ0v) is 9.39. The van der Waals surface area contributed by atoms with E-state index >= 15 is 0 Å². The molecule has 1 fully saturated rings. The highest BCUT2D eigenvalue weighted by atomic mass is 16.5. The number of hydrogen-bond acceptors (Lipinski definition) is 4. The van der Waals surface area contributed by atoms with Crippen LogP contribution in [-0.4, -0.2) is 41.4 Å². The van der Waals surface area contributed by atoms with Crippen molar-refractivity contribution in [2.24, 2.45) is 0 Å². The third-order valence-corrected chi connectivity index (χ3v) is 2.93. The quantitative estimate of drug-likeness (QED) is 0.801. The Morgan fingerprint density at radius 1 is 1.50 bits per heavy atom. The van der Waals surface area contributed by atoms with Crippen LogP contribution in [0.5, 0.6) is 11.5 Å². The smallest absolute Gasteiger partial charge is 0.120 e. The SMILES string of the molecule is COc1ccc(O)c(CN2CC[C@@H](O)C2)c1. The molecular formula is C12H17NO3. The van der Waals surface area contributed by atoms with Crippen molar-refractivity contribution in [3.63, 3.8) is 0 Å². The standard InChI is InChI=1S/C12H17NO3/c1-16-11-2-3-12(15)9(6-11)7-13-5-4-10(14)8-13/h2-3,6,10,14-15H,4-5,7-8H2,1H3/t10-/m1/s1. The van der Waals surface area contributed by atoms with Crippen molar-refractivity contribution in [3.05, 3.63) is 23.8 Å². The number of rotatable bonds is 3. The zero-order valence-electron chi connectivity index (χ0n) is 9.39. The maximum absolute atomic E-state index is 9.71. The number of aliphatic hydroxyl groups is 1. The molecule has 1 atom stereocenters. The van der Waals surface area contributed by atoms with Crippen LogP contribution >= 0.6 is 0 Å². The number of aromatic hydroxyl groups is 1. The van der Waals surface area contributed by atoms with Crippen molar-refractivity contribution in [3.8, 4) is 11.5 Å². The van der Waals surface area contributed by atoms with E-state index in [1.807, 2.05) is 6.07 Å². The predicted molar refractivity (Wildman–Crippen MR) is 60.6 cm³/mol. The van der Waals surface area contributed by atoms with Gasteiger partial charge in [0.05, 0.1) is 13.2 Å². The van der Waals surface area contributed by atoms with E-state index in [-0.39, 0.29) is 11.9 Å². The number of ether oxygens (including phenoxy) is 1. The Balaban J connectivity index is 2.08. The number of methoxy groups -OCH3 is 1. The van der Waals surface area contributed by atoms with Gasteiger partial charge in [0.1, 0.15) is 11.5 Å². The summed E-state index contributed by atoms with van der Waals surface area (Å²) in [5, 5.41) is 19.1. The van der Waals surface area contributed by atoms with Gasteiger partial charge in [-0.3, -0.25) is 4.90 Å². The molecule has 0 radical (unpaired) electrons. The monoisotopic (exact) mass is 223 g/mol. The van der Waals surface area contributed by atoms with Crippen molar-refractivity contribution in [2.45, 2.75) is 19.1 Å². The average Bonchev–Trinajstić information content (AvgIpc) is 2.67. The first-order valence-corrected chi connectivity index (χ1v) is 5.45. The van der Waals surface area contributed by atoms with Gasteiger partial charge in [-0.15, -0.1) is 0 Å². The van der Waals surface area contributed by atoms with Crippen LogP contribution in [0.4, 0.5) is 0 Å². The Bertz CT molecular complexity index is 367. The van der Waals surface area contributed by atoms with Crippen molar-refractivity contribution >= 4 is 0 Å². The van der Waals surface area contributed by atoms with Gasteiger partial charge in [-0.25, -0.2) is 0 Å². The molecule has 0 aliphatic carbocycles. The molecule has 2 rings (SSSR count). The van der Waals surface area contributed by atoms with E-state index in [9.17, 15) is 10.2 Å². The Morgan fingerprint density at radius 3 is 2.94 bits per heavy atom. The summed E-state index contributed by atoms with van der Waals surface area (Å²) in [6.45, 7) is 2.20. The summed E-state index contributed by atoms with van der Waals surface area (Å²) in [6, 6.07) is 5.21. The predicted octanol–water partition coefficient (Wildman–Crippen LogP) is 0.967. The number of β-amino-alcohol motifs (C(OH)–C–C–N with tert-alkyl or cyclic N) is 1. The van der Waals surface area contributed by atoms with Crippen LogP contribution < -0.4 is 4.74 Å². The molecule has 4 heteroatoms. The summed E-state index contributed by atoms with van der Waals surface area (Å²) in [6.07, 6.45) is 0.581. The maximum atomic E-state index is 9.71. The Hall–Kier alpha value is -1.26. The van der Waals surface area contributed by atoms with Crippen molar-refractivity contribution < 1.29 is 14.9 Å². The average molecular weight is 223 g/mol. The molecule has 2 N–H and O–H groups in total. The summed E-state index contributed by atoms with van der Waals surface area (Å²) in [4.78, 5) is 2.12. The summed E-state index contributed by atoms with van der Waals surface area (Å²) in [5.74, 6) is 1.02. The van der Waals surface area contributed by atoms with E-state index in [2.05, 4.69) is 4.90 Å². The van der Waals surface area contributed by atoms with E-state index in [4.69, 9.17) is 4.74 Å².